The van der Waals surface area contributed by atoms with Crippen LogP contribution in [0, 0.1) is 24.0 Å². The van der Waals surface area contributed by atoms with E-state index >= 15 is 0 Å². The van der Waals surface area contributed by atoms with E-state index in [0.717, 1.165) is 5.56 Å². The Labute approximate surface area is 200 Å². The molecule has 0 heterocycles. The summed E-state index contributed by atoms with van der Waals surface area (Å²) in [5, 5.41) is 30.2. The molecule has 3 N–H and O–H groups in total. The Morgan fingerprint density at radius 1 is 0.800 bits per heavy atom. The number of nitrogens with one attached hydrogen (secondary N) is 1. The maximum absolute atomic E-state index is 11.7. The zero-order valence-electron chi connectivity index (χ0n) is 19.5. The first-order chi connectivity index (χ1) is 16.3. The van der Waals surface area contributed by atoms with Gasteiger partial charge in [0.05, 0.1) is 17.8 Å². The molecule has 0 unspecified atom stereocenters. The van der Waals surface area contributed by atoms with E-state index in [2.05, 4.69) is 5.32 Å². The third kappa shape index (κ3) is 9.95. The van der Waals surface area contributed by atoms with Crippen LogP contribution in [0.5, 0.6) is 0 Å². The number of hydrogen-bond acceptors (Lipinski definition) is 7. The Morgan fingerprint density at radius 3 is 1.69 bits per heavy atom. The van der Waals surface area contributed by atoms with Gasteiger partial charge in [-0.2, -0.15) is 0 Å². The molecule has 0 radical (unpaired) electrons. The van der Waals surface area contributed by atoms with Gasteiger partial charge in [-0.05, 0) is 25.5 Å². The van der Waals surface area contributed by atoms with Gasteiger partial charge in [0.15, 0.2) is 11.6 Å². The SMILES string of the molecule is CC(=O)Nc1cc(C(=O)CCC(=O)O)ccc1C.Cc1ccc(C(=O)CCC(=O)O)cc1[N+](=O)[O-]. The first-order valence-electron chi connectivity index (χ1n) is 10.4. The molecule has 0 spiro atoms. The molecule has 0 atom stereocenters. The normalized spacial score (nSPS) is 9.91. The van der Waals surface area contributed by atoms with Gasteiger partial charge in [-0.3, -0.25) is 34.1 Å². The topological polar surface area (TPSA) is 181 Å². The Balaban J connectivity index is 0.000000351. The van der Waals surface area contributed by atoms with Crippen molar-refractivity contribution in [3.8, 4) is 0 Å². The van der Waals surface area contributed by atoms with E-state index < -0.39 is 22.6 Å². The van der Waals surface area contributed by atoms with Crippen molar-refractivity contribution < 1.29 is 39.1 Å². The summed E-state index contributed by atoms with van der Waals surface area (Å²) >= 11 is 0. The molecular weight excluding hydrogens is 460 g/mol. The zero-order valence-corrected chi connectivity index (χ0v) is 19.5. The molecule has 1 amide bonds. The van der Waals surface area contributed by atoms with E-state index in [-0.39, 0.29) is 48.6 Å². The fourth-order valence-electron chi connectivity index (χ4n) is 2.83. The molecule has 2 rings (SSSR count). The van der Waals surface area contributed by atoms with Crippen LogP contribution in [0.25, 0.3) is 0 Å². The van der Waals surface area contributed by atoms with Gasteiger partial charge in [0, 0.05) is 48.2 Å². The number of aliphatic carboxylic acids is 2. The van der Waals surface area contributed by atoms with Crippen molar-refractivity contribution in [2.45, 2.75) is 46.5 Å². The van der Waals surface area contributed by atoms with E-state index in [1.54, 1.807) is 25.1 Å². The molecular formula is C24H26N2O9. The van der Waals surface area contributed by atoms with Crippen LogP contribution in [0.1, 0.15) is 64.4 Å². The van der Waals surface area contributed by atoms with Crippen molar-refractivity contribution in [2.75, 3.05) is 5.32 Å². The molecule has 0 bridgehead atoms. The first kappa shape index (κ1) is 28.6. The Kier molecular flexibility index (Phi) is 10.9. The van der Waals surface area contributed by atoms with Crippen molar-refractivity contribution in [3.05, 3.63) is 68.8 Å². The number of hydrogen-bond donors (Lipinski definition) is 3. The lowest BCUT2D eigenvalue weighted by molar-refractivity contribution is -0.385. The molecule has 0 aliphatic heterocycles. The molecule has 0 fully saturated rings. The van der Waals surface area contributed by atoms with Crippen LogP contribution in [-0.4, -0.2) is 44.5 Å². The van der Waals surface area contributed by atoms with Gasteiger partial charge < -0.3 is 15.5 Å². The third-order valence-electron chi connectivity index (χ3n) is 4.73. The Bertz CT molecular complexity index is 1160. The summed E-state index contributed by atoms with van der Waals surface area (Å²) in [6.45, 7) is 4.78. The van der Waals surface area contributed by atoms with Gasteiger partial charge in [-0.1, -0.05) is 24.3 Å². The second kappa shape index (κ2) is 13.3. The molecule has 35 heavy (non-hydrogen) atoms. The van der Waals surface area contributed by atoms with Crippen LogP contribution in [0.4, 0.5) is 11.4 Å². The number of Topliss-reactive ketones (excluding diaryl/α,β-unsaturated/α-hetero) is 2. The summed E-state index contributed by atoms with van der Waals surface area (Å²) in [5.41, 5.74) is 2.33. The second-order valence-electron chi connectivity index (χ2n) is 7.60. The molecule has 2 aromatic carbocycles. The lowest BCUT2D eigenvalue weighted by atomic mass is 10.0. The number of ketones is 2. The number of carboxylic acids is 2. The quantitative estimate of drug-likeness (QED) is 0.254. The largest absolute Gasteiger partial charge is 0.481 e. The third-order valence-corrected chi connectivity index (χ3v) is 4.73. The fraction of sp³-hybridized carbons (Fsp3) is 0.292. The standard InChI is InChI=1S/C13H15NO4.C11H11NO5/c1-8-3-4-10(7-11(8)14-9(2)15)12(16)5-6-13(17)18;1-7-2-3-8(6-9(7)12(16)17)10(13)4-5-11(14)15/h3-4,7H,5-6H2,1-2H3,(H,14,15)(H,17,18);2-3,6H,4-5H2,1H3,(H,14,15). The number of amides is 1. The molecule has 0 saturated carbocycles. The number of anilines is 1. The fourth-order valence-corrected chi connectivity index (χ4v) is 2.83. The number of nitro benzene ring substituents is 1. The number of benzene rings is 2. The molecule has 0 aliphatic rings. The highest BCUT2D eigenvalue weighted by Gasteiger charge is 2.15. The maximum Gasteiger partial charge on any atom is 0.303 e. The summed E-state index contributed by atoms with van der Waals surface area (Å²) < 4.78 is 0. The lowest BCUT2D eigenvalue weighted by Crippen LogP contribution is -2.09. The van der Waals surface area contributed by atoms with E-state index in [9.17, 15) is 34.1 Å². The van der Waals surface area contributed by atoms with Crippen LogP contribution in [0.3, 0.4) is 0 Å². The van der Waals surface area contributed by atoms with Crippen LogP contribution in [-0.2, 0) is 14.4 Å². The van der Waals surface area contributed by atoms with Gasteiger partial charge in [0.25, 0.3) is 5.69 Å². The van der Waals surface area contributed by atoms with Crippen molar-refractivity contribution in [1.29, 1.82) is 0 Å². The first-order valence-corrected chi connectivity index (χ1v) is 10.4. The number of aryl methyl sites for hydroxylation is 2. The number of nitro groups is 1. The van der Waals surface area contributed by atoms with Gasteiger partial charge in [-0.15, -0.1) is 0 Å². The molecule has 11 heteroatoms. The highest BCUT2D eigenvalue weighted by molar-refractivity contribution is 6.00. The lowest BCUT2D eigenvalue weighted by Gasteiger charge is -2.08. The zero-order chi connectivity index (χ0) is 26.7. The smallest absolute Gasteiger partial charge is 0.303 e. The van der Waals surface area contributed by atoms with Gasteiger partial charge >= 0.3 is 11.9 Å². The molecule has 0 aromatic heterocycles. The Hall–Kier alpha value is -4.41. The summed E-state index contributed by atoms with van der Waals surface area (Å²) in [5.74, 6) is -2.94. The summed E-state index contributed by atoms with van der Waals surface area (Å²) in [6, 6.07) is 9.04. The molecule has 0 aliphatic carbocycles. The number of carbonyl (C=O) groups excluding carboxylic acids is 3. The highest BCUT2D eigenvalue weighted by atomic mass is 16.6. The minimum Gasteiger partial charge on any atom is -0.481 e. The maximum atomic E-state index is 11.7. The van der Waals surface area contributed by atoms with Crippen LogP contribution in [0.2, 0.25) is 0 Å². The van der Waals surface area contributed by atoms with Crippen LogP contribution < -0.4 is 5.32 Å². The predicted octanol–water partition coefficient (Wildman–Crippen LogP) is 3.95. The number of carbonyl (C=O) groups is 5. The average molecular weight is 486 g/mol. The summed E-state index contributed by atoms with van der Waals surface area (Å²) in [7, 11) is 0. The average Bonchev–Trinajstić information content (AvgIpc) is 2.77. The van der Waals surface area contributed by atoms with Crippen molar-refractivity contribution >= 4 is 40.8 Å². The molecule has 0 saturated heterocycles. The minimum atomic E-state index is -1.07. The van der Waals surface area contributed by atoms with Gasteiger partial charge in [-0.25, -0.2) is 0 Å². The van der Waals surface area contributed by atoms with E-state index in [1.807, 2.05) is 6.92 Å². The Morgan fingerprint density at radius 2 is 1.26 bits per heavy atom. The minimum absolute atomic E-state index is 0.0437. The summed E-state index contributed by atoms with van der Waals surface area (Å²) in [4.78, 5) is 65.1. The van der Waals surface area contributed by atoms with Crippen molar-refractivity contribution in [3.63, 3.8) is 0 Å². The van der Waals surface area contributed by atoms with Crippen LogP contribution in [0.15, 0.2) is 36.4 Å². The monoisotopic (exact) mass is 486 g/mol. The highest BCUT2D eigenvalue weighted by Crippen LogP contribution is 2.20. The number of rotatable bonds is 10. The van der Waals surface area contributed by atoms with E-state index in [1.165, 1.54) is 25.1 Å². The second-order valence-corrected chi connectivity index (χ2v) is 7.60. The summed E-state index contributed by atoms with van der Waals surface area (Å²) in [6.07, 6.45) is -0.670. The van der Waals surface area contributed by atoms with Gasteiger partial charge in [0.1, 0.15) is 0 Å². The van der Waals surface area contributed by atoms with E-state index in [0.29, 0.717) is 16.8 Å². The number of carboxylic acid groups (broad SMARTS) is 2. The predicted molar refractivity (Wildman–Crippen MR) is 126 cm³/mol. The van der Waals surface area contributed by atoms with Crippen molar-refractivity contribution in [1.82, 2.24) is 0 Å². The molecule has 2 aromatic rings. The van der Waals surface area contributed by atoms with Crippen LogP contribution >= 0.6 is 0 Å². The van der Waals surface area contributed by atoms with E-state index in [4.69, 9.17) is 10.2 Å². The van der Waals surface area contributed by atoms with Crippen molar-refractivity contribution in [2.24, 2.45) is 0 Å². The molecule has 186 valence electrons. The number of nitrogens with zero attached hydrogens (tertiary/aromatic N) is 1. The van der Waals surface area contributed by atoms with Gasteiger partial charge in [0.2, 0.25) is 5.91 Å². The molecule has 11 nitrogen and oxygen atoms in total.